The number of halogens is 2. The van der Waals surface area contributed by atoms with Gasteiger partial charge in [-0.2, -0.15) is 0 Å². The molecule has 4 aliphatic rings. The average Bonchev–Trinajstić information content (AvgIpc) is 3.36. The molecular formula is C25H34F2N4O. The van der Waals surface area contributed by atoms with Gasteiger partial charge in [0.15, 0.2) is 0 Å². The molecule has 2 saturated heterocycles. The Hall–Kier alpha value is -2.02. The Labute approximate surface area is 189 Å². The molecule has 4 fully saturated rings. The highest BCUT2D eigenvalue weighted by Gasteiger charge is 2.53. The minimum absolute atomic E-state index is 0.228. The van der Waals surface area contributed by atoms with Crippen LogP contribution >= 0.6 is 0 Å². The van der Waals surface area contributed by atoms with E-state index in [9.17, 15) is 13.6 Å². The van der Waals surface area contributed by atoms with Gasteiger partial charge in [0.25, 0.3) is 0 Å². The second kappa shape index (κ2) is 9.08. The molecule has 1 aromatic rings. The Morgan fingerprint density at radius 1 is 0.938 bits per heavy atom. The second-order valence-corrected chi connectivity index (χ2v) is 10.1. The lowest BCUT2D eigenvalue weighted by molar-refractivity contribution is 0.151. The lowest BCUT2D eigenvalue weighted by atomic mass is 9.83. The molecule has 0 unspecified atom stereocenters. The fourth-order valence-corrected chi connectivity index (χ4v) is 6.28. The van der Waals surface area contributed by atoms with Crippen LogP contribution < -0.4 is 10.2 Å². The Morgan fingerprint density at radius 3 is 2.22 bits per heavy atom. The fraction of sp³-hybridized carbons (Fsp3) is 0.680. The quantitative estimate of drug-likeness (QED) is 0.690. The zero-order chi connectivity index (χ0) is 22.1. The van der Waals surface area contributed by atoms with Gasteiger partial charge in [-0.15, -0.1) is 0 Å². The van der Waals surface area contributed by atoms with E-state index in [1.54, 1.807) is 4.90 Å². The summed E-state index contributed by atoms with van der Waals surface area (Å²) < 4.78 is 28.1. The summed E-state index contributed by atoms with van der Waals surface area (Å²) in [7, 11) is 0. The molecule has 2 saturated carbocycles. The van der Waals surface area contributed by atoms with Crippen LogP contribution in [-0.2, 0) is 0 Å². The monoisotopic (exact) mass is 444 g/mol. The molecule has 0 bridgehead atoms. The zero-order valence-electron chi connectivity index (χ0n) is 18.8. The van der Waals surface area contributed by atoms with Crippen molar-refractivity contribution in [3.8, 4) is 0 Å². The number of carbonyl (C=O) groups is 1. The summed E-state index contributed by atoms with van der Waals surface area (Å²) in [4.78, 5) is 22.2. The number of carbonyl (C=O) groups excluding carboxylic acids is 1. The van der Waals surface area contributed by atoms with E-state index in [-0.39, 0.29) is 17.8 Å². The number of nitrogens with one attached hydrogen (secondary N) is 1. The highest BCUT2D eigenvalue weighted by Crippen LogP contribution is 2.39. The van der Waals surface area contributed by atoms with E-state index in [2.05, 4.69) is 10.2 Å². The number of urea groups is 1. The highest BCUT2D eigenvalue weighted by atomic mass is 19.1. The molecular weight excluding hydrogens is 410 g/mol. The van der Waals surface area contributed by atoms with Crippen molar-refractivity contribution in [2.75, 3.05) is 24.5 Å². The van der Waals surface area contributed by atoms with Crippen molar-refractivity contribution < 1.29 is 13.6 Å². The van der Waals surface area contributed by atoms with Crippen LogP contribution in [0.5, 0.6) is 0 Å². The lowest BCUT2D eigenvalue weighted by Crippen LogP contribution is -2.57. The summed E-state index contributed by atoms with van der Waals surface area (Å²) in [5, 5.41) is 3.00. The van der Waals surface area contributed by atoms with Crippen molar-refractivity contribution in [3.05, 3.63) is 29.8 Å². The largest absolute Gasteiger partial charge is 0.328 e. The standard InChI is InChI=1S/C25H34F2N4O/c26-19-14-20(27)16-22(15-19)31-24(32)29-23(28-21-8-4-5-9-21)25(31)10-12-30(13-11-25)17-18-6-2-1-3-7-18/h14-16,18,21H,1-13,17H2,(H,28,29,32). The normalized spacial score (nSPS) is 26.4. The van der Waals surface area contributed by atoms with Crippen LogP contribution in [0.1, 0.15) is 70.6 Å². The van der Waals surface area contributed by atoms with Crippen LogP contribution in [0, 0.1) is 17.6 Å². The predicted molar refractivity (Wildman–Crippen MR) is 122 cm³/mol. The van der Waals surface area contributed by atoms with Crippen molar-refractivity contribution >= 4 is 17.6 Å². The topological polar surface area (TPSA) is 47.9 Å². The van der Waals surface area contributed by atoms with Gasteiger partial charge in [0, 0.05) is 25.7 Å². The number of hydrogen-bond donors (Lipinski definition) is 1. The summed E-state index contributed by atoms with van der Waals surface area (Å²) in [5.41, 5.74) is -0.375. The van der Waals surface area contributed by atoms with Gasteiger partial charge in [-0.3, -0.25) is 15.2 Å². The number of amidine groups is 1. The molecule has 32 heavy (non-hydrogen) atoms. The number of hydrogen-bond acceptors (Lipinski definition) is 3. The molecule has 5 nitrogen and oxygen atoms in total. The van der Waals surface area contributed by atoms with E-state index < -0.39 is 17.2 Å². The minimum Gasteiger partial charge on any atom is -0.303 e. The molecule has 2 aliphatic carbocycles. The Bertz CT molecular complexity index is 848. The molecule has 0 atom stereocenters. The summed E-state index contributed by atoms with van der Waals surface area (Å²) in [6.45, 7) is 2.84. The molecule has 2 heterocycles. The van der Waals surface area contributed by atoms with Crippen LogP contribution in [0.4, 0.5) is 19.3 Å². The molecule has 1 spiro atoms. The van der Waals surface area contributed by atoms with Gasteiger partial charge in [-0.25, -0.2) is 13.6 Å². The van der Waals surface area contributed by atoms with E-state index >= 15 is 0 Å². The maximum Gasteiger partial charge on any atom is 0.328 e. The predicted octanol–water partition coefficient (Wildman–Crippen LogP) is 5.25. The molecule has 174 valence electrons. The fourth-order valence-electron chi connectivity index (χ4n) is 6.28. The number of rotatable bonds is 4. The van der Waals surface area contributed by atoms with Crippen molar-refractivity contribution in [2.24, 2.45) is 10.9 Å². The summed E-state index contributed by atoms with van der Waals surface area (Å²) in [6, 6.07) is 3.28. The number of nitrogens with zero attached hydrogens (tertiary/aromatic N) is 3. The van der Waals surface area contributed by atoms with Crippen LogP contribution in [0.25, 0.3) is 0 Å². The smallest absolute Gasteiger partial charge is 0.303 e. The van der Waals surface area contributed by atoms with E-state index in [1.165, 1.54) is 44.2 Å². The highest BCUT2D eigenvalue weighted by molar-refractivity contribution is 6.19. The molecule has 0 radical (unpaired) electrons. The lowest BCUT2D eigenvalue weighted by Gasteiger charge is -2.44. The van der Waals surface area contributed by atoms with E-state index in [1.807, 2.05) is 0 Å². The molecule has 5 rings (SSSR count). The minimum atomic E-state index is -0.668. The van der Waals surface area contributed by atoms with Gasteiger partial charge in [-0.1, -0.05) is 32.1 Å². The Morgan fingerprint density at radius 2 is 1.56 bits per heavy atom. The summed E-state index contributed by atoms with van der Waals surface area (Å²) in [6.07, 6.45) is 12.5. The third-order valence-electron chi connectivity index (χ3n) is 7.96. The average molecular weight is 445 g/mol. The van der Waals surface area contributed by atoms with Crippen molar-refractivity contribution in [2.45, 2.75) is 82.2 Å². The number of piperidine rings is 1. The molecule has 1 N–H and O–H groups in total. The number of benzene rings is 1. The third-order valence-corrected chi connectivity index (χ3v) is 7.96. The first-order valence-electron chi connectivity index (χ1n) is 12.4. The van der Waals surface area contributed by atoms with Crippen LogP contribution in [0.3, 0.4) is 0 Å². The van der Waals surface area contributed by atoms with Crippen LogP contribution in [0.2, 0.25) is 0 Å². The van der Waals surface area contributed by atoms with Crippen molar-refractivity contribution in [1.29, 1.82) is 0 Å². The number of amides is 2. The molecule has 2 aliphatic heterocycles. The first-order valence-corrected chi connectivity index (χ1v) is 12.4. The first-order chi connectivity index (χ1) is 15.5. The van der Waals surface area contributed by atoms with Gasteiger partial charge in [0.1, 0.15) is 23.0 Å². The van der Waals surface area contributed by atoms with E-state index in [0.29, 0.717) is 5.84 Å². The Balaban J connectivity index is 1.42. The molecule has 7 heteroatoms. The summed E-state index contributed by atoms with van der Waals surface area (Å²) in [5.74, 6) is 0.135. The zero-order valence-corrected chi connectivity index (χ0v) is 18.8. The number of anilines is 1. The SMILES string of the molecule is O=C1NC(=NC2CCCC2)C2(CCN(CC3CCCCC3)CC2)N1c1cc(F)cc(F)c1. The van der Waals surface area contributed by atoms with Crippen LogP contribution in [0.15, 0.2) is 23.2 Å². The van der Waals surface area contributed by atoms with Gasteiger partial charge < -0.3 is 4.90 Å². The molecule has 0 aromatic heterocycles. The van der Waals surface area contributed by atoms with Gasteiger partial charge in [0.2, 0.25) is 0 Å². The first kappa shape index (κ1) is 21.8. The Kier molecular flexibility index (Phi) is 6.19. The number of likely N-dealkylation sites (tertiary alicyclic amines) is 1. The van der Waals surface area contributed by atoms with Gasteiger partial charge in [0.05, 0.1) is 11.7 Å². The molecule has 1 aromatic carbocycles. The third kappa shape index (κ3) is 4.28. The summed E-state index contributed by atoms with van der Waals surface area (Å²) >= 11 is 0. The van der Waals surface area contributed by atoms with Gasteiger partial charge in [-0.05, 0) is 56.6 Å². The maximum absolute atomic E-state index is 14.1. The molecule has 2 amide bonds. The van der Waals surface area contributed by atoms with Gasteiger partial charge >= 0.3 is 6.03 Å². The number of aliphatic imine (C=N–C) groups is 1. The van der Waals surface area contributed by atoms with Crippen molar-refractivity contribution in [3.63, 3.8) is 0 Å². The van der Waals surface area contributed by atoms with E-state index in [4.69, 9.17) is 4.99 Å². The van der Waals surface area contributed by atoms with Crippen molar-refractivity contribution in [1.82, 2.24) is 10.2 Å². The van der Waals surface area contributed by atoms with E-state index in [0.717, 1.165) is 70.1 Å². The maximum atomic E-state index is 14.1. The second-order valence-electron chi connectivity index (χ2n) is 10.1. The van der Waals surface area contributed by atoms with Crippen LogP contribution in [-0.4, -0.2) is 48.0 Å².